The minimum absolute atomic E-state index is 0.248. The molecule has 0 aliphatic carbocycles. The molecule has 0 spiro atoms. The van der Waals surface area contributed by atoms with Crippen molar-refractivity contribution in [2.75, 3.05) is 13.1 Å². The topological polar surface area (TPSA) is 21.3 Å². The molecular weight excluding hydrogens is 277 g/mol. The molecule has 1 heterocycles. The summed E-state index contributed by atoms with van der Waals surface area (Å²) in [7, 11) is 0. The molecule has 2 rings (SSSR count). The van der Waals surface area contributed by atoms with Crippen LogP contribution < -0.4 is 10.1 Å². The summed E-state index contributed by atoms with van der Waals surface area (Å²) in [6.07, 6.45) is 2.51. The molecule has 1 saturated heterocycles. The Balaban J connectivity index is 2.03. The molecule has 0 bridgehead atoms. The predicted octanol–water partition coefficient (Wildman–Crippen LogP) is 3.23. The second-order valence-electron chi connectivity index (χ2n) is 3.66. The van der Waals surface area contributed by atoms with Gasteiger partial charge in [0.25, 0.3) is 0 Å². The Labute approximate surface area is 103 Å². The zero-order chi connectivity index (χ0) is 10.7. The highest BCUT2D eigenvalue weighted by Crippen LogP contribution is 2.29. The molecule has 82 valence electrons. The van der Waals surface area contributed by atoms with Gasteiger partial charge in [0.05, 0.1) is 5.02 Å². The zero-order valence-corrected chi connectivity index (χ0v) is 10.6. The highest BCUT2D eigenvalue weighted by molar-refractivity contribution is 9.10. The van der Waals surface area contributed by atoms with E-state index in [1.54, 1.807) is 0 Å². The van der Waals surface area contributed by atoms with Gasteiger partial charge in [0, 0.05) is 11.0 Å². The molecule has 0 aromatic heterocycles. The van der Waals surface area contributed by atoms with Crippen molar-refractivity contribution in [2.24, 2.45) is 0 Å². The van der Waals surface area contributed by atoms with E-state index in [1.165, 1.54) is 6.42 Å². The van der Waals surface area contributed by atoms with Crippen LogP contribution in [0.4, 0.5) is 0 Å². The van der Waals surface area contributed by atoms with Crippen LogP contribution in [0.1, 0.15) is 12.8 Å². The van der Waals surface area contributed by atoms with E-state index in [0.717, 1.165) is 29.7 Å². The van der Waals surface area contributed by atoms with E-state index in [2.05, 4.69) is 21.2 Å². The molecule has 15 heavy (non-hydrogen) atoms. The fraction of sp³-hybridized carbons (Fsp3) is 0.455. The minimum Gasteiger partial charge on any atom is -0.488 e. The maximum atomic E-state index is 6.07. The van der Waals surface area contributed by atoms with Crippen LogP contribution in [0.5, 0.6) is 5.75 Å². The van der Waals surface area contributed by atoms with Crippen molar-refractivity contribution in [3.05, 3.63) is 27.7 Å². The first-order chi connectivity index (χ1) is 7.25. The first-order valence-electron chi connectivity index (χ1n) is 5.08. The smallest absolute Gasteiger partial charge is 0.138 e. The maximum absolute atomic E-state index is 6.07. The summed E-state index contributed by atoms with van der Waals surface area (Å²) < 4.78 is 6.80. The molecule has 0 radical (unpaired) electrons. The second kappa shape index (κ2) is 5.19. The molecule has 1 atom stereocenters. The fourth-order valence-corrected chi connectivity index (χ4v) is 2.39. The normalized spacial score (nSPS) is 21.3. The van der Waals surface area contributed by atoms with Gasteiger partial charge in [0.2, 0.25) is 0 Å². The van der Waals surface area contributed by atoms with Crippen LogP contribution in [0.15, 0.2) is 22.7 Å². The fourth-order valence-electron chi connectivity index (χ4n) is 1.67. The van der Waals surface area contributed by atoms with Crippen LogP contribution in [0, 0.1) is 0 Å². The van der Waals surface area contributed by atoms with Gasteiger partial charge in [-0.25, -0.2) is 0 Å². The molecule has 1 N–H and O–H groups in total. The van der Waals surface area contributed by atoms with Gasteiger partial charge in [-0.2, -0.15) is 0 Å². The van der Waals surface area contributed by atoms with Gasteiger partial charge in [-0.3, -0.25) is 0 Å². The number of piperidine rings is 1. The van der Waals surface area contributed by atoms with Crippen molar-refractivity contribution >= 4 is 27.5 Å². The molecule has 0 unspecified atom stereocenters. The van der Waals surface area contributed by atoms with Crippen molar-refractivity contribution in [3.8, 4) is 5.75 Å². The quantitative estimate of drug-likeness (QED) is 0.903. The zero-order valence-electron chi connectivity index (χ0n) is 8.30. The van der Waals surface area contributed by atoms with E-state index in [-0.39, 0.29) is 6.10 Å². The number of nitrogens with one attached hydrogen (secondary N) is 1. The van der Waals surface area contributed by atoms with E-state index < -0.39 is 0 Å². The van der Waals surface area contributed by atoms with Gasteiger partial charge in [-0.15, -0.1) is 0 Å². The third-order valence-corrected chi connectivity index (χ3v) is 3.23. The Morgan fingerprint density at radius 2 is 2.33 bits per heavy atom. The van der Waals surface area contributed by atoms with Crippen LogP contribution in [0.2, 0.25) is 5.02 Å². The van der Waals surface area contributed by atoms with E-state index in [4.69, 9.17) is 16.3 Å². The summed E-state index contributed by atoms with van der Waals surface area (Å²) in [5.41, 5.74) is 0. The van der Waals surface area contributed by atoms with Gasteiger partial charge in [-0.05, 0) is 37.6 Å². The SMILES string of the molecule is Clc1cc(Br)ccc1O[C@H]1CCCNC1. The number of halogens is 2. The largest absolute Gasteiger partial charge is 0.488 e. The predicted molar refractivity (Wildman–Crippen MR) is 65.7 cm³/mol. The standard InChI is InChI=1S/C11H13BrClNO/c12-8-3-4-11(10(13)6-8)15-9-2-1-5-14-7-9/h3-4,6,9,14H,1-2,5,7H2/t9-/m0/s1. The highest BCUT2D eigenvalue weighted by Gasteiger charge is 2.15. The lowest BCUT2D eigenvalue weighted by molar-refractivity contribution is 0.167. The Kier molecular flexibility index (Phi) is 3.89. The van der Waals surface area contributed by atoms with Crippen LogP contribution in [0.25, 0.3) is 0 Å². The van der Waals surface area contributed by atoms with Crippen LogP contribution >= 0.6 is 27.5 Å². The molecule has 1 aliphatic heterocycles. The summed E-state index contributed by atoms with van der Waals surface area (Å²) in [6, 6.07) is 5.70. The van der Waals surface area contributed by atoms with Crippen molar-refractivity contribution in [3.63, 3.8) is 0 Å². The molecule has 1 aromatic carbocycles. The van der Waals surface area contributed by atoms with E-state index in [0.29, 0.717) is 5.02 Å². The molecule has 0 saturated carbocycles. The van der Waals surface area contributed by atoms with Crippen molar-refractivity contribution in [1.82, 2.24) is 5.32 Å². The number of rotatable bonds is 2. The molecule has 4 heteroatoms. The third kappa shape index (κ3) is 3.10. The number of benzene rings is 1. The van der Waals surface area contributed by atoms with Gasteiger partial charge in [0.15, 0.2) is 0 Å². The maximum Gasteiger partial charge on any atom is 0.138 e. The summed E-state index contributed by atoms with van der Waals surface area (Å²) >= 11 is 9.44. The van der Waals surface area contributed by atoms with Crippen LogP contribution in [0.3, 0.4) is 0 Å². The first kappa shape index (κ1) is 11.2. The summed E-state index contributed by atoms with van der Waals surface area (Å²) in [5.74, 6) is 0.772. The molecule has 0 amide bonds. The van der Waals surface area contributed by atoms with Gasteiger partial charge in [0.1, 0.15) is 11.9 Å². The van der Waals surface area contributed by atoms with E-state index >= 15 is 0 Å². The van der Waals surface area contributed by atoms with Crippen molar-refractivity contribution < 1.29 is 4.74 Å². The summed E-state index contributed by atoms with van der Waals surface area (Å²) in [4.78, 5) is 0. The lowest BCUT2D eigenvalue weighted by Gasteiger charge is -2.24. The Morgan fingerprint density at radius 1 is 1.47 bits per heavy atom. The molecule has 2 nitrogen and oxygen atoms in total. The molecule has 1 fully saturated rings. The molecule has 1 aliphatic rings. The first-order valence-corrected chi connectivity index (χ1v) is 6.25. The van der Waals surface area contributed by atoms with Gasteiger partial charge >= 0.3 is 0 Å². The van der Waals surface area contributed by atoms with E-state index in [9.17, 15) is 0 Å². The molecule has 1 aromatic rings. The average molecular weight is 291 g/mol. The minimum atomic E-state index is 0.248. The number of hydrogen-bond donors (Lipinski definition) is 1. The summed E-state index contributed by atoms with van der Waals surface area (Å²) in [6.45, 7) is 2.00. The van der Waals surface area contributed by atoms with Crippen molar-refractivity contribution in [1.29, 1.82) is 0 Å². The Hall–Kier alpha value is -0.250. The van der Waals surface area contributed by atoms with Crippen molar-refractivity contribution in [2.45, 2.75) is 18.9 Å². The van der Waals surface area contributed by atoms with E-state index in [1.807, 2.05) is 18.2 Å². The highest BCUT2D eigenvalue weighted by atomic mass is 79.9. The summed E-state index contributed by atoms with van der Waals surface area (Å²) in [5, 5.41) is 3.97. The van der Waals surface area contributed by atoms with Gasteiger partial charge < -0.3 is 10.1 Å². The molecular formula is C11H13BrClNO. The average Bonchev–Trinajstić information content (AvgIpc) is 2.24. The Morgan fingerprint density at radius 3 is 3.00 bits per heavy atom. The monoisotopic (exact) mass is 289 g/mol. The van der Waals surface area contributed by atoms with Crippen LogP contribution in [-0.4, -0.2) is 19.2 Å². The van der Waals surface area contributed by atoms with Gasteiger partial charge in [-0.1, -0.05) is 27.5 Å². The lowest BCUT2D eigenvalue weighted by atomic mass is 10.1. The third-order valence-electron chi connectivity index (χ3n) is 2.44. The second-order valence-corrected chi connectivity index (χ2v) is 4.98. The van der Waals surface area contributed by atoms with Crippen LogP contribution in [-0.2, 0) is 0 Å². The Bertz CT molecular complexity index is 339. The number of hydrogen-bond acceptors (Lipinski definition) is 2. The lowest BCUT2D eigenvalue weighted by Crippen LogP contribution is -2.37. The number of ether oxygens (including phenoxy) is 1.